The van der Waals surface area contributed by atoms with E-state index >= 15 is 0 Å². The number of carbonyl (C=O) groups excluding carboxylic acids is 1. The molecule has 0 spiro atoms. The molecule has 0 fully saturated rings. The first kappa shape index (κ1) is 19.4. The highest BCUT2D eigenvalue weighted by molar-refractivity contribution is 5.94. The lowest BCUT2D eigenvalue weighted by atomic mass is 10.1. The Morgan fingerprint density at radius 2 is 1.96 bits per heavy atom. The number of nitrogens with zero attached hydrogens (tertiary/aromatic N) is 2. The van der Waals surface area contributed by atoms with Crippen molar-refractivity contribution in [1.82, 2.24) is 20.9 Å². The number of benzene rings is 1. The van der Waals surface area contributed by atoms with E-state index in [-0.39, 0.29) is 5.91 Å². The van der Waals surface area contributed by atoms with Crippen LogP contribution in [0, 0.1) is 0 Å². The minimum Gasteiger partial charge on any atom is -0.356 e. The van der Waals surface area contributed by atoms with Gasteiger partial charge < -0.3 is 16.0 Å². The fraction of sp³-hybridized carbons (Fsp3) is 0.350. The molecule has 0 radical (unpaired) electrons. The molecule has 0 atom stereocenters. The number of hydrogen-bond donors (Lipinski definition) is 3. The summed E-state index contributed by atoms with van der Waals surface area (Å²) in [5.74, 6) is 0.688. The van der Waals surface area contributed by atoms with Gasteiger partial charge in [0.25, 0.3) is 5.91 Å². The molecule has 0 aliphatic carbocycles. The normalized spacial score (nSPS) is 11.1. The van der Waals surface area contributed by atoms with E-state index in [1.54, 1.807) is 13.2 Å². The fourth-order valence-electron chi connectivity index (χ4n) is 2.42. The Bertz CT molecular complexity index is 715. The Kier molecular flexibility index (Phi) is 8.12. The van der Waals surface area contributed by atoms with Crippen molar-refractivity contribution >= 4 is 11.9 Å². The molecule has 2 aromatic rings. The van der Waals surface area contributed by atoms with E-state index < -0.39 is 0 Å². The second-order valence-electron chi connectivity index (χ2n) is 5.88. The number of aliphatic imine (C=N–C) groups is 1. The lowest BCUT2D eigenvalue weighted by molar-refractivity contribution is 0.0953. The summed E-state index contributed by atoms with van der Waals surface area (Å²) in [5, 5.41) is 9.44. The van der Waals surface area contributed by atoms with E-state index in [1.807, 2.05) is 49.4 Å². The maximum atomic E-state index is 12.1. The molecular weight excluding hydrogens is 326 g/mol. The molecule has 3 N–H and O–H groups in total. The van der Waals surface area contributed by atoms with E-state index in [4.69, 9.17) is 0 Å². The monoisotopic (exact) mass is 353 g/mol. The Morgan fingerprint density at radius 3 is 2.69 bits per heavy atom. The van der Waals surface area contributed by atoms with Gasteiger partial charge >= 0.3 is 0 Å². The first-order chi connectivity index (χ1) is 12.7. The average Bonchev–Trinajstić information content (AvgIpc) is 2.69. The summed E-state index contributed by atoms with van der Waals surface area (Å²) in [6, 6.07) is 13.5. The molecule has 1 aromatic carbocycles. The predicted molar refractivity (Wildman–Crippen MR) is 105 cm³/mol. The third kappa shape index (κ3) is 6.55. The van der Waals surface area contributed by atoms with E-state index in [2.05, 4.69) is 25.9 Å². The van der Waals surface area contributed by atoms with Crippen molar-refractivity contribution in [2.24, 2.45) is 4.99 Å². The second-order valence-corrected chi connectivity index (χ2v) is 5.88. The number of nitrogens with one attached hydrogen (secondary N) is 3. The van der Waals surface area contributed by atoms with Crippen molar-refractivity contribution in [2.45, 2.75) is 26.3 Å². The van der Waals surface area contributed by atoms with Crippen LogP contribution in [0.15, 0.2) is 53.7 Å². The van der Waals surface area contributed by atoms with E-state index in [1.165, 1.54) is 0 Å². The van der Waals surface area contributed by atoms with Gasteiger partial charge in [0.15, 0.2) is 5.96 Å². The molecule has 0 aliphatic rings. The highest BCUT2D eigenvalue weighted by Gasteiger charge is 2.06. The average molecular weight is 353 g/mol. The molecule has 0 unspecified atom stereocenters. The van der Waals surface area contributed by atoms with Crippen molar-refractivity contribution in [2.75, 3.05) is 20.1 Å². The number of aromatic nitrogens is 1. The Labute approximate surface area is 155 Å². The first-order valence-corrected chi connectivity index (χ1v) is 8.94. The molecular formula is C20H27N5O. The van der Waals surface area contributed by atoms with Crippen molar-refractivity contribution in [3.05, 3.63) is 65.5 Å². The molecule has 6 heteroatoms. The zero-order valence-electron chi connectivity index (χ0n) is 15.5. The zero-order chi connectivity index (χ0) is 18.6. The van der Waals surface area contributed by atoms with Crippen LogP contribution in [0.3, 0.4) is 0 Å². The zero-order valence-corrected chi connectivity index (χ0v) is 15.5. The largest absolute Gasteiger partial charge is 0.356 e. The highest BCUT2D eigenvalue weighted by atomic mass is 16.1. The van der Waals surface area contributed by atoms with Gasteiger partial charge in [-0.1, -0.05) is 25.1 Å². The molecule has 0 saturated carbocycles. The number of amides is 1. The van der Waals surface area contributed by atoms with Gasteiger partial charge in [0.2, 0.25) is 0 Å². The SMILES string of the molecule is CCCNC(=O)c1cccc(CNC(=NC)NCCc2ccccn2)c1. The molecule has 6 nitrogen and oxygen atoms in total. The van der Waals surface area contributed by atoms with E-state index in [0.717, 1.165) is 36.6 Å². The van der Waals surface area contributed by atoms with Crippen LogP contribution in [0.1, 0.15) is 35.0 Å². The number of guanidine groups is 1. The van der Waals surface area contributed by atoms with Crippen LogP contribution in [-0.4, -0.2) is 37.0 Å². The van der Waals surface area contributed by atoms with Gasteiger partial charge in [0, 0.05) is 50.6 Å². The van der Waals surface area contributed by atoms with Crippen molar-refractivity contribution in [3.8, 4) is 0 Å². The number of rotatable bonds is 8. The quantitative estimate of drug-likeness (QED) is 0.502. The van der Waals surface area contributed by atoms with Crippen LogP contribution in [0.5, 0.6) is 0 Å². The Balaban J connectivity index is 1.81. The summed E-state index contributed by atoms with van der Waals surface area (Å²) in [5.41, 5.74) is 2.75. The first-order valence-electron chi connectivity index (χ1n) is 8.94. The maximum absolute atomic E-state index is 12.1. The summed E-state index contributed by atoms with van der Waals surface area (Å²) in [6.07, 6.45) is 3.55. The molecule has 26 heavy (non-hydrogen) atoms. The van der Waals surface area contributed by atoms with Crippen molar-refractivity contribution in [3.63, 3.8) is 0 Å². The van der Waals surface area contributed by atoms with Crippen molar-refractivity contribution in [1.29, 1.82) is 0 Å². The van der Waals surface area contributed by atoms with Gasteiger partial charge in [0.1, 0.15) is 0 Å². The minimum absolute atomic E-state index is 0.0356. The lowest BCUT2D eigenvalue weighted by Gasteiger charge is -2.12. The van der Waals surface area contributed by atoms with Gasteiger partial charge in [-0.2, -0.15) is 0 Å². The highest BCUT2D eigenvalue weighted by Crippen LogP contribution is 2.05. The van der Waals surface area contributed by atoms with Gasteiger partial charge in [-0.15, -0.1) is 0 Å². The molecule has 1 heterocycles. The fourth-order valence-corrected chi connectivity index (χ4v) is 2.42. The molecule has 0 saturated heterocycles. The third-order valence-corrected chi connectivity index (χ3v) is 3.81. The smallest absolute Gasteiger partial charge is 0.251 e. The molecule has 1 aromatic heterocycles. The summed E-state index contributed by atoms with van der Waals surface area (Å²) < 4.78 is 0. The summed E-state index contributed by atoms with van der Waals surface area (Å²) in [4.78, 5) is 20.6. The van der Waals surface area contributed by atoms with Crippen LogP contribution in [0.2, 0.25) is 0 Å². The number of carbonyl (C=O) groups is 1. The van der Waals surface area contributed by atoms with Crippen LogP contribution < -0.4 is 16.0 Å². The molecule has 0 bridgehead atoms. The van der Waals surface area contributed by atoms with Gasteiger partial charge in [0.05, 0.1) is 0 Å². The Hall–Kier alpha value is -2.89. The van der Waals surface area contributed by atoms with Crippen LogP contribution in [0.25, 0.3) is 0 Å². The maximum Gasteiger partial charge on any atom is 0.251 e. The summed E-state index contributed by atoms with van der Waals surface area (Å²) in [7, 11) is 1.74. The van der Waals surface area contributed by atoms with Crippen LogP contribution in [-0.2, 0) is 13.0 Å². The second kappa shape index (κ2) is 10.9. The third-order valence-electron chi connectivity index (χ3n) is 3.81. The summed E-state index contributed by atoms with van der Waals surface area (Å²) in [6.45, 7) is 4.07. The minimum atomic E-state index is -0.0356. The number of pyridine rings is 1. The summed E-state index contributed by atoms with van der Waals surface area (Å²) >= 11 is 0. The topological polar surface area (TPSA) is 78.4 Å². The van der Waals surface area contributed by atoms with Crippen molar-refractivity contribution < 1.29 is 4.79 Å². The molecule has 2 rings (SSSR count). The Morgan fingerprint density at radius 1 is 1.08 bits per heavy atom. The molecule has 0 aliphatic heterocycles. The van der Waals surface area contributed by atoms with Gasteiger partial charge in [-0.05, 0) is 36.2 Å². The standard InChI is InChI=1S/C20H27N5O/c1-3-11-23-19(26)17-8-6-7-16(14-17)15-25-20(21-2)24-13-10-18-9-4-5-12-22-18/h4-9,12,14H,3,10-11,13,15H2,1-2H3,(H,23,26)(H2,21,24,25). The van der Waals surface area contributed by atoms with E-state index in [0.29, 0.717) is 18.7 Å². The molecule has 138 valence electrons. The predicted octanol–water partition coefficient (Wildman–Crippen LogP) is 2.13. The van der Waals surface area contributed by atoms with Crippen LogP contribution in [0.4, 0.5) is 0 Å². The molecule has 1 amide bonds. The van der Waals surface area contributed by atoms with Gasteiger partial charge in [-0.25, -0.2) is 0 Å². The van der Waals surface area contributed by atoms with Gasteiger partial charge in [-0.3, -0.25) is 14.8 Å². The lowest BCUT2D eigenvalue weighted by Crippen LogP contribution is -2.38. The van der Waals surface area contributed by atoms with E-state index in [9.17, 15) is 4.79 Å². The van der Waals surface area contributed by atoms with Crippen LogP contribution >= 0.6 is 0 Å². The number of hydrogen-bond acceptors (Lipinski definition) is 3.